The van der Waals surface area contributed by atoms with Crippen molar-refractivity contribution < 1.29 is 19.1 Å². The predicted molar refractivity (Wildman–Crippen MR) is 161 cm³/mol. The van der Waals surface area contributed by atoms with Crippen LogP contribution in [0.15, 0.2) is 45.5 Å². The van der Waals surface area contributed by atoms with Gasteiger partial charge in [0.25, 0.3) is 5.56 Å². The molecule has 1 aromatic carbocycles. The number of aryl methyl sites for hydroxylation is 1. The van der Waals surface area contributed by atoms with Crippen molar-refractivity contribution in [3.05, 3.63) is 62.3 Å². The number of alkyl carbamates (subject to hydrolysis) is 1. The molecule has 1 fully saturated rings. The van der Waals surface area contributed by atoms with Crippen molar-refractivity contribution in [2.24, 2.45) is 7.05 Å². The van der Waals surface area contributed by atoms with Gasteiger partial charge in [-0.2, -0.15) is 4.98 Å². The number of ketones is 1. The van der Waals surface area contributed by atoms with E-state index >= 15 is 0 Å². The molecule has 2 aromatic heterocycles. The molecule has 12 nitrogen and oxygen atoms in total. The quantitative estimate of drug-likeness (QED) is 0.318. The molecule has 42 heavy (non-hydrogen) atoms. The minimum absolute atomic E-state index is 0.187. The SMILES string of the molecule is COc1ccc(C(=O)Cn2c(=O)c3c(nc(N4CCCC(NC(=O)OC(C)(C)C)C4)n3CC=C(C)C)n(C)c2=O)cc1. The van der Waals surface area contributed by atoms with E-state index in [0.717, 1.165) is 23.0 Å². The smallest absolute Gasteiger partial charge is 0.407 e. The highest BCUT2D eigenvalue weighted by Gasteiger charge is 2.29. The van der Waals surface area contributed by atoms with Crippen LogP contribution in [0.4, 0.5) is 10.7 Å². The first-order chi connectivity index (χ1) is 19.8. The lowest BCUT2D eigenvalue weighted by atomic mass is 10.1. The van der Waals surface area contributed by atoms with Gasteiger partial charge in [-0.05, 0) is 71.7 Å². The van der Waals surface area contributed by atoms with E-state index in [9.17, 15) is 19.2 Å². The van der Waals surface area contributed by atoms with Gasteiger partial charge in [0.15, 0.2) is 16.9 Å². The highest BCUT2D eigenvalue weighted by Crippen LogP contribution is 2.24. The summed E-state index contributed by atoms with van der Waals surface area (Å²) >= 11 is 0. The van der Waals surface area contributed by atoms with Crippen LogP contribution in [-0.2, 0) is 24.9 Å². The summed E-state index contributed by atoms with van der Waals surface area (Å²) in [5.74, 6) is 0.737. The molecule has 1 N–H and O–H groups in total. The number of allylic oxidation sites excluding steroid dienone is 2. The first-order valence-corrected chi connectivity index (χ1v) is 14.0. The fraction of sp³-hybridized carbons (Fsp3) is 0.500. The minimum atomic E-state index is -0.629. The summed E-state index contributed by atoms with van der Waals surface area (Å²) in [6.07, 6.45) is 3.04. The number of benzene rings is 1. The summed E-state index contributed by atoms with van der Waals surface area (Å²) in [5.41, 5.74) is 0.0428. The molecule has 0 bridgehead atoms. The number of aromatic nitrogens is 4. The molecule has 12 heteroatoms. The summed E-state index contributed by atoms with van der Waals surface area (Å²) in [5, 5.41) is 2.95. The third kappa shape index (κ3) is 6.75. The molecule has 3 heterocycles. The van der Waals surface area contributed by atoms with E-state index in [1.54, 1.807) is 35.9 Å². The van der Waals surface area contributed by atoms with Crippen molar-refractivity contribution in [1.82, 2.24) is 24.0 Å². The minimum Gasteiger partial charge on any atom is -0.497 e. The lowest BCUT2D eigenvalue weighted by Gasteiger charge is -2.34. The van der Waals surface area contributed by atoms with E-state index in [2.05, 4.69) is 5.32 Å². The maximum absolute atomic E-state index is 13.9. The standard InChI is InChI=1S/C30H40N6O6/c1-19(2)14-16-35-24-25(32-27(35)34-15-8-9-21(17-34)31-28(39)42-30(3,4)5)33(6)29(40)36(26(24)38)18-23(37)20-10-12-22(41-7)13-11-20/h10-14,21H,8-9,15-18H2,1-7H3,(H,31,39). The number of hydrogen-bond donors (Lipinski definition) is 1. The number of nitrogens with one attached hydrogen (secondary N) is 1. The Morgan fingerprint density at radius 3 is 2.43 bits per heavy atom. The van der Waals surface area contributed by atoms with Crippen LogP contribution in [0.5, 0.6) is 5.75 Å². The Morgan fingerprint density at radius 1 is 1.12 bits per heavy atom. The summed E-state index contributed by atoms with van der Waals surface area (Å²) in [4.78, 5) is 59.5. The number of carbonyl (C=O) groups excluding carboxylic acids is 2. The molecule has 0 aliphatic carbocycles. The number of fused-ring (bicyclic) bond motifs is 1. The van der Waals surface area contributed by atoms with E-state index in [1.165, 1.54) is 11.7 Å². The van der Waals surface area contributed by atoms with Gasteiger partial charge in [-0.3, -0.25) is 18.7 Å². The van der Waals surface area contributed by atoms with Gasteiger partial charge in [0.2, 0.25) is 5.95 Å². The highest BCUT2D eigenvalue weighted by molar-refractivity contribution is 5.96. The molecule has 1 aliphatic rings. The number of methoxy groups -OCH3 is 1. The van der Waals surface area contributed by atoms with E-state index < -0.39 is 29.5 Å². The molecule has 0 spiro atoms. The fourth-order valence-electron chi connectivity index (χ4n) is 4.95. The zero-order valence-corrected chi connectivity index (χ0v) is 25.4. The van der Waals surface area contributed by atoms with Crippen LogP contribution in [-0.4, -0.2) is 62.4 Å². The highest BCUT2D eigenvalue weighted by atomic mass is 16.6. The van der Waals surface area contributed by atoms with Crippen molar-refractivity contribution in [3.8, 4) is 5.75 Å². The Morgan fingerprint density at radius 2 is 1.81 bits per heavy atom. The number of amides is 1. The molecule has 0 saturated carbocycles. The number of ether oxygens (including phenoxy) is 2. The van der Waals surface area contributed by atoms with Gasteiger partial charge in [0.1, 0.15) is 11.4 Å². The number of anilines is 1. The van der Waals surface area contributed by atoms with E-state index in [-0.39, 0.29) is 23.0 Å². The third-order valence-electron chi connectivity index (χ3n) is 7.03. The number of rotatable bonds is 8. The van der Waals surface area contributed by atoms with Crippen molar-refractivity contribution >= 4 is 29.0 Å². The molecule has 1 atom stereocenters. The Balaban J connectivity index is 1.74. The molecular formula is C30H40N6O6. The number of hydrogen-bond acceptors (Lipinski definition) is 8. The van der Waals surface area contributed by atoms with Crippen LogP contribution in [0.2, 0.25) is 0 Å². The molecule has 4 rings (SSSR count). The molecule has 1 saturated heterocycles. The van der Waals surface area contributed by atoms with Crippen LogP contribution >= 0.6 is 0 Å². The largest absolute Gasteiger partial charge is 0.497 e. The number of carbonyl (C=O) groups is 2. The Labute approximate surface area is 244 Å². The second kappa shape index (κ2) is 12.3. The summed E-state index contributed by atoms with van der Waals surface area (Å²) < 4.78 is 14.6. The van der Waals surface area contributed by atoms with Gasteiger partial charge in [-0.1, -0.05) is 11.6 Å². The van der Waals surface area contributed by atoms with Crippen molar-refractivity contribution in [3.63, 3.8) is 0 Å². The summed E-state index contributed by atoms with van der Waals surface area (Å²) in [6, 6.07) is 6.32. The molecule has 1 aliphatic heterocycles. The molecular weight excluding hydrogens is 540 g/mol. The zero-order valence-electron chi connectivity index (χ0n) is 25.4. The molecule has 226 valence electrons. The Bertz CT molecular complexity index is 1620. The van der Waals surface area contributed by atoms with Crippen molar-refractivity contribution in [2.45, 2.75) is 72.2 Å². The first kappa shape index (κ1) is 30.6. The Hall–Kier alpha value is -4.35. The number of imidazole rings is 1. The third-order valence-corrected chi connectivity index (χ3v) is 7.03. The van der Waals surface area contributed by atoms with Crippen LogP contribution < -0.4 is 26.2 Å². The van der Waals surface area contributed by atoms with Crippen LogP contribution in [0.1, 0.15) is 57.8 Å². The normalized spacial score (nSPS) is 15.4. The van der Waals surface area contributed by atoms with E-state index in [0.29, 0.717) is 36.9 Å². The number of piperidine rings is 1. The summed E-state index contributed by atoms with van der Waals surface area (Å²) in [7, 11) is 3.08. The van der Waals surface area contributed by atoms with Gasteiger partial charge in [0.05, 0.1) is 13.7 Å². The van der Waals surface area contributed by atoms with Crippen LogP contribution in [0.3, 0.4) is 0 Å². The number of nitrogens with zero attached hydrogens (tertiary/aromatic N) is 5. The zero-order chi connectivity index (χ0) is 30.8. The van der Waals surface area contributed by atoms with Gasteiger partial charge >= 0.3 is 11.8 Å². The monoisotopic (exact) mass is 580 g/mol. The maximum Gasteiger partial charge on any atom is 0.407 e. The summed E-state index contributed by atoms with van der Waals surface area (Å²) in [6.45, 7) is 10.4. The maximum atomic E-state index is 13.9. The molecule has 1 amide bonds. The molecule has 0 radical (unpaired) electrons. The van der Waals surface area contributed by atoms with E-state index in [1.807, 2.05) is 45.6 Å². The van der Waals surface area contributed by atoms with Gasteiger partial charge in [-0.15, -0.1) is 0 Å². The van der Waals surface area contributed by atoms with Crippen LogP contribution in [0.25, 0.3) is 11.2 Å². The van der Waals surface area contributed by atoms with Gasteiger partial charge in [-0.25, -0.2) is 9.59 Å². The van der Waals surface area contributed by atoms with Crippen molar-refractivity contribution in [1.29, 1.82) is 0 Å². The predicted octanol–water partition coefficient (Wildman–Crippen LogP) is 3.25. The second-order valence-corrected chi connectivity index (χ2v) is 11.8. The molecule has 3 aromatic rings. The number of Topliss-reactive ketones (excluding diaryl/α,β-unsaturated/α-hetero) is 1. The van der Waals surface area contributed by atoms with Crippen molar-refractivity contribution in [2.75, 3.05) is 25.1 Å². The first-order valence-electron chi connectivity index (χ1n) is 14.0. The van der Waals surface area contributed by atoms with Crippen LogP contribution in [0, 0.1) is 0 Å². The topological polar surface area (TPSA) is 130 Å². The average Bonchev–Trinajstić information content (AvgIpc) is 3.32. The Kier molecular flexibility index (Phi) is 8.93. The van der Waals surface area contributed by atoms with E-state index in [4.69, 9.17) is 14.5 Å². The lowest BCUT2D eigenvalue weighted by Crippen LogP contribution is -2.49. The fourth-order valence-corrected chi connectivity index (χ4v) is 4.95. The average molecular weight is 581 g/mol. The lowest BCUT2D eigenvalue weighted by molar-refractivity contribution is 0.0499. The molecule has 1 unspecified atom stereocenters. The van der Waals surface area contributed by atoms with Gasteiger partial charge in [0, 0.05) is 38.3 Å². The second-order valence-electron chi connectivity index (χ2n) is 11.8. The van der Waals surface area contributed by atoms with Gasteiger partial charge < -0.3 is 24.3 Å².